The first-order valence-corrected chi connectivity index (χ1v) is 12.0. The summed E-state index contributed by atoms with van der Waals surface area (Å²) in [5, 5.41) is 4.25. The Kier molecular flexibility index (Phi) is 6.76. The number of thiophene rings is 1. The van der Waals surface area contributed by atoms with Crippen LogP contribution in [0, 0.1) is 11.3 Å². The molecule has 5 rings (SSSR count). The number of hydrogen-bond acceptors (Lipinski definition) is 6. The zero-order valence-electron chi connectivity index (χ0n) is 17.9. The fourth-order valence-corrected chi connectivity index (χ4v) is 4.81. The topological polar surface area (TPSA) is 40.2 Å². The molecule has 0 aliphatic carbocycles. The molecule has 169 valence electrons. The van der Waals surface area contributed by atoms with E-state index in [1.807, 2.05) is 42.5 Å². The fraction of sp³-hybridized carbons (Fsp3) is 0.440. The van der Waals surface area contributed by atoms with Crippen LogP contribution in [-0.2, 0) is 4.74 Å². The molecule has 7 heteroatoms. The minimum absolute atomic E-state index is 0.153. The van der Waals surface area contributed by atoms with Crippen LogP contribution in [0.2, 0.25) is 0 Å². The minimum Gasteiger partial charge on any atom is -0.492 e. The number of halogens is 1. The van der Waals surface area contributed by atoms with Gasteiger partial charge in [0.15, 0.2) is 12.0 Å². The zero-order valence-corrected chi connectivity index (χ0v) is 18.7. The van der Waals surface area contributed by atoms with E-state index in [9.17, 15) is 4.39 Å². The number of likely N-dealkylation sites (tertiary alicyclic amines) is 1. The van der Waals surface area contributed by atoms with Crippen LogP contribution in [-0.4, -0.2) is 50.7 Å². The highest BCUT2D eigenvalue weighted by Crippen LogP contribution is 2.37. The highest BCUT2D eigenvalue weighted by atomic mass is 32.1. The second kappa shape index (κ2) is 10.1. The van der Waals surface area contributed by atoms with Crippen molar-refractivity contribution in [1.82, 2.24) is 4.90 Å². The summed E-state index contributed by atoms with van der Waals surface area (Å²) < 4.78 is 37.0. The van der Waals surface area contributed by atoms with Crippen molar-refractivity contribution in [2.24, 2.45) is 5.92 Å². The normalized spacial score (nSPS) is 19.6. The molecule has 3 aromatic rings. The second-order valence-corrected chi connectivity index (χ2v) is 9.16. The molecular weight excluding hydrogens is 429 g/mol. The van der Waals surface area contributed by atoms with Gasteiger partial charge in [-0.25, -0.2) is 0 Å². The summed E-state index contributed by atoms with van der Waals surface area (Å²) in [4.78, 5) is 2.21. The maximum Gasteiger partial charge on any atom is 0.199 e. The van der Waals surface area contributed by atoms with Gasteiger partial charge in [0.25, 0.3) is 0 Å². The van der Waals surface area contributed by atoms with E-state index in [-0.39, 0.29) is 18.9 Å². The molecule has 2 aliphatic heterocycles. The van der Waals surface area contributed by atoms with Crippen molar-refractivity contribution in [2.75, 3.05) is 39.5 Å². The van der Waals surface area contributed by atoms with Crippen molar-refractivity contribution in [2.45, 2.75) is 25.6 Å². The molecule has 1 radical (unpaired) electrons. The van der Waals surface area contributed by atoms with Crippen LogP contribution in [0.15, 0.2) is 42.5 Å². The molecule has 0 spiro atoms. The molecule has 32 heavy (non-hydrogen) atoms. The summed E-state index contributed by atoms with van der Waals surface area (Å²) in [5.41, 5.74) is 0. The smallest absolute Gasteiger partial charge is 0.199 e. The van der Waals surface area contributed by atoms with E-state index in [1.54, 1.807) is 0 Å². The molecular formula is C25H27FNO4S. The lowest BCUT2D eigenvalue weighted by atomic mass is 10.0. The van der Waals surface area contributed by atoms with E-state index in [1.165, 1.54) is 11.3 Å². The Balaban J connectivity index is 1.14. The largest absolute Gasteiger partial charge is 0.492 e. The molecule has 2 aromatic carbocycles. The monoisotopic (exact) mass is 456 g/mol. The van der Waals surface area contributed by atoms with E-state index in [0.29, 0.717) is 12.4 Å². The van der Waals surface area contributed by atoms with E-state index in [2.05, 4.69) is 10.3 Å². The Morgan fingerprint density at radius 2 is 1.88 bits per heavy atom. The lowest BCUT2D eigenvalue weighted by Crippen LogP contribution is -2.49. The van der Waals surface area contributed by atoms with Gasteiger partial charge in [-0.15, -0.1) is 11.3 Å². The van der Waals surface area contributed by atoms with Gasteiger partial charge >= 0.3 is 0 Å². The maximum atomic E-state index is 12.5. The molecule has 0 amide bonds. The van der Waals surface area contributed by atoms with Crippen molar-refractivity contribution in [3.63, 3.8) is 0 Å². The predicted molar refractivity (Wildman–Crippen MR) is 123 cm³/mol. The number of hydrogen-bond donors (Lipinski definition) is 0. The SMILES string of the molecule is FCC1CN(CCOc2ccc(Oc3[c]sc4cc(OC5CCCCO5)ccc34)cc2)C1. The maximum absolute atomic E-state index is 12.5. The van der Waals surface area contributed by atoms with Crippen LogP contribution in [0.25, 0.3) is 10.1 Å². The van der Waals surface area contributed by atoms with Gasteiger partial charge < -0.3 is 18.9 Å². The van der Waals surface area contributed by atoms with Gasteiger partial charge in [0, 0.05) is 42.1 Å². The van der Waals surface area contributed by atoms with Crippen LogP contribution in [0.3, 0.4) is 0 Å². The Morgan fingerprint density at radius 1 is 1.06 bits per heavy atom. The second-order valence-electron chi connectivity index (χ2n) is 8.31. The van der Waals surface area contributed by atoms with Gasteiger partial charge in [-0.3, -0.25) is 9.29 Å². The first-order valence-electron chi connectivity index (χ1n) is 11.2. The molecule has 2 fully saturated rings. The zero-order chi connectivity index (χ0) is 21.8. The molecule has 2 saturated heterocycles. The number of nitrogens with zero attached hydrogens (tertiary/aromatic N) is 1. The van der Waals surface area contributed by atoms with Crippen LogP contribution in [0.5, 0.6) is 23.0 Å². The number of ether oxygens (including phenoxy) is 4. The molecule has 1 atom stereocenters. The van der Waals surface area contributed by atoms with Gasteiger partial charge in [-0.2, -0.15) is 0 Å². The van der Waals surface area contributed by atoms with Gasteiger partial charge in [0.2, 0.25) is 0 Å². The standard InChI is InChI=1S/C25H27FNO4S/c26-14-18-15-27(16-18)10-12-28-19-4-6-20(7-5-19)30-23-17-32-24-13-21(8-9-22(23)24)31-25-3-1-2-11-29-25/h4-9,13,18,25H,1-3,10-12,14-16H2. The molecule has 1 aromatic heterocycles. The van der Waals surface area contributed by atoms with Crippen molar-refractivity contribution < 1.29 is 23.3 Å². The average Bonchev–Trinajstić information content (AvgIpc) is 3.19. The van der Waals surface area contributed by atoms with E-state index in [4.69, 9.17) is 18.9 Å². The number of fused-ring (bicyclic) bond motifs is 1. The van der Waals surface area contributed by atoms with Gasteiger partial charge in [0.1, 0.15) is 23.9 Å². The van der Waals surface area contributed by atoms with Crippen molar-refractivity contribution in [3.05, 3.63) is 47.8 Å². The predicted octanol–water partition coefficient (Wildman–Crippen LogP) is 5.68. The third kappa shape index (κ3) is 5.17. The van der Waals surface area contributed by atoms with Crippen molar-refractivity contribution >= 4 is 21.4 Å². The quantitative estimate of drug-likeness (QED) is 0.414. The highest BCUT2D eigenvalue weighted by molar-refractivity contribution is 7.17. The Morgan fingerprint density at radius 3 is 2.66 bits per heavy atom. The van der Waals surface area contributed by atoms with Crippen LogP contribution in [0.4, 0.5) is 4.39 Å². The molecule has 2 aliphatic rings. The van der Waals surface area contributed by atoms with E-state index < -0.39 is 0 Å². The molecule has 1 unspecified atom stereocenters. The molecule has 0 bridgehead atoms. The Hall–Kier alpha value is -2.35. The fourth-order valence-electron chi connectivity index (χ4n) is 4.01. The molecule has 3 heterocycles. The van der Waals surface area contributed by atoms with Crippen molar-refractivity contribution in [1.29, 1.82) is 0 Å². The molecule has 5 nitrogen and oxygen atoms in total. The van der Waals surface area contributed by atoms with Gasteiger partial charge in [-0.05, 0) is 55.3 Å². The Labute approximate surface area is 191 Å². The van der Waals surface area contributed by atoms with Crippen molar-refractivity contribution in [3.8, 4) is 23.0 Å². The average molecular weight is 457 g/mol. The summed E-state index contributed by atoms with van der Waals surface area (Å²) in [6.45, 7) is 3.63. The van der Waals surface area contributed by atoms with E-state index in [0.717, 1.165) is 72.8 Å². The first-order chi connectivity index (χ1) is 15.8. The minimum atomic E-state index is -0.222. The number of rotatable bonds is 9. The third-order valence-corrected chi connectivity index (χ3v) is 6.67. The van der Waals surface area contributed by atoms with E-state index >= 15 is 0 Å². The summed E-state index contributed by atoms with van der Waals surface area (Å²) in [6.07, 6.45) is 3.02. The van der Waals surface area contributed by atoms with Gasteiger partial charge in [-0.1, -0.05) is 0 Å². The van der Waals surface area contributed by atoms with Gasteiger partial charge in [0.05, 0.1) is 18.7 Å². The summed E-state index contributed by atoms with van der Waals surface area (Å²) in [6, 6.07) is 13.6. The van der Waals surface area contributed by atoms with Crippen LogP contribution in [0.1, 0.15) is 19.3 Å². The first kappa shape index (κ1) is 21.5. The molecule has 0 N–H and O–H groups in total. The summed E-state index contributed by atoms with van der Waals surface area (Å²) in [7, 11) is 0. The highest BCUT2D eigenvalue weighted by Gasteiger charge is 2.25. The number of benzene rings is 2. The number of alkyl halides is 1. The van der Waals surface area contributed by atoms with Crippen LogP contribution >= 0.6 is 11.3 Å². The molecule has 0 saturated carbocycles. The van der Waals surface area contributed by atoms with Crippen LogP contribution < -0.4 is 14.2 Å². The lowest BCUT2D eigenvalue weighted by molar-refractivity contribution is -0.105. The Bertz CT molecular complexity index is 1010. The lowest BCUT2D eigenvalue weighted by Gasteiger charge is -2.37. The third-order valence-electron chi connectivity index (χ3n) is 5.83. The summed E-state index contributed by atoms with van der Waals surface area (Å²) >= 11 is 1.51. The summed E-state index contributed by atoms with van der Waals surface area (Å²) in [5.74, 6) is 3.26.